The summed E-state index contributed by atoms with van der Waals surface area (Å²) in [7, 11) is 2.22. The second-order valence-electron chi connectivity index (χ2n) is 6.09. The van der Waals surface area contributed by atoms with E-state index in [1.165, 1.54) is 39.1 Å². The van der Waals surface area contributed by atoms with Crippen molar-refractivity contribution < 1.29 is 4.74 Å². The van der Waals surface area contributed by atoms with Crippen LogP contribution in [-0.4, -0.2) is 88.4 Å². The molecule has 0 radical (unpaired) electrons. The highest BCUT2D eigenvalue weighted by Gasteiger charge is 2.11. The number of rotatable bonds is 10. The van der Waals surface area contributed by atoms with Gasteiger partial charge in [-0.15, -0.1) is 0 Å². The lowest BCUT2D eigenvalue weighted by molar-refractivity contribution is 0.146. The monoisotopic (exact) mass is 327 g/mol. The molecule has 0 aromatic heterocycles. The van der Waals surface area contributed by atoms with Gasteiger partial charge in [-0.05, 0) is 59.8 Å². The number of ether oxygens (including phenoxy) is 1. The molecule has 2 N–H and O–H groups in total. The van der Waals surface area contributed by atoms with Crippen LogP contribution in [0.3, 0.4) is 0 Å². The highest BCUT2D eigenvalue weighted by atomic mass is 16.5. The highest BCUT2D eigenvalue weighted by molar-refractivity contribution is 5.79. The fourth-order valence-corrected chi connectivity index (χ4v) is 2.68. The molecule has 0 saturated carbocycles. The largest absolute Gasteiger partial charge is 0.382 e. The van der Waals surface area contributed by atoms with Crippen LogP contribution in [0.15, 0.2) is 4.99 Å². The SMILES string of the molecule is CCNC(=NCCCOCC)NCCCN1CCCN(C)CC1. The number of guanidine groups is 1. The van der Waals surface area contributed by atoms with Gasteiger partial charge in [0, 0.05) is 45.9 Å². The lowest BCUT2D eigenvalue weighted by atomic mass is 10.3. The zero-order chi connectivity index (χ0) is 16.8. The summed E-state index contributed by atoms with van der Waals surface area (Å²) in [4.78, 5) is 9.60. The van der Waals surface area contributed by atoms with Crippen LogP contribution in [0.25, 0.3) is 0 Å². The van der Waals surface area contributed by atoms with Crippen molar-refractivity contribution in [3.05, 3.63) is 0 Å². The maximum atomic E-state index is 5.34. The van der Waals surface area contributed by atoms with Gasteiger partial charge >= 0.3 is 0 Å². The molecule has 0 aliphatic carbocycles. The summed E-state index contributed by atoms with van der Waals surface area (Å²) in [5.41, 5.74) is 0. The molecule has 0 amide bonds. The highest BCUT2D eigenvalue weighted by Crippen LogP contribution is 2.01. The summed E-state index contributed by atoms with van der Waals surface area (Å²) < 4.78 is 5.34. The zero-order valence-electron chi connectivity index (χ0n) is 15.4. The minimum atomic E-state index is 0.786. The van der Waals surface area contributed by atoms with Crippen molar-refractivity contribution >= 4 is 5.96 Å². The first-order valence-corrected chi connectivity index (χ1v) is 9.27. The van der Waals surface area contributed by atoms with Crippen molar-refractivity contribution in [1.29, 1.82) is 0 Å². The molecule has 1 saturated heterocycles. The van der Waals surface area contributed by atoms with Gasteiger partial charge in [-0.2, -0.15) is 0 Å². The molecule has 1 fully saturated rings. The average molecular weight is 328 g/mol. The molecule has 6 nitrogen and oxygen atoms in total. The van der Waals surface area contributed by atoms with E-state index < -0.39 is 0 Å². The fourth-order valence-electron chi connectivity index (χ4n) is 2.68. The van der Waals surface area contributed by atoms with Crippen molar-refractivity contribution in [3.63, 3.8) is 0 Å². The Bertz CT molecular complexity index is 311. The van der Waals surface area contributed by atoms with Gasteiger partial charge < -0.3 is 25.2 Å². The molecule has 23 heavy (non-hydrogen) atoms. The molecular formula is C17H37N5O. The van der Waals surface area contributed by atoms with Gasteiger partial charge in [0.25, 0.3) is 0 Å². The van der Waals surface area contributed by atoms with E-state index in [-0.39, 0.29) is 0 Å². The van der Waals surface area contributed by atoms with E-state index in [9.17, 15) is 0 Å². The van der Waals surface area contributed by atoms with E-state index >= 15 is 0 Å². The first kappa shape index (κ1) is 20.2. The van der Waals surface area contributed by atoms with Gasteiger partial charge in [-0.3, -0.25) is 4.99 Å². The molecule has 0 aromatic rings. The number of likely N-dealkylation sites (N-methyl/N-ethyl adjacent to an activating group) is 1. The smallest absolute Gasteiger partial charge is 0.191 e. The molecule has 0 atom stereocenters. The van der Waals surface area contributed by atoms with Gasteiger partial charge in [0.15, 0.2) is 5.96 Å². The van der Waals surface area contributed by atoms with Crippen molar-refractivity contribution in [2.45, 2.75) is 33.1 Å². The van der Waals surface area contributed by atoms with Crippen LogP contribution in [0.1, 0.15) is 33.1 Å². The Balaban J connectivity index is 2.15. The predicted molar refractivity (Wildman–Crippen MR) is 98.3 cm³/mol. The average Bonchev–Trinajstić information content (AvgIpc) is 2.75. The Hall–Kier alpha value is -0.850. The van der Waals surface area contributed by atoms with E-state index in [0.29, 0.717) is 0 Å². The van der Waals surface area contributed by atoms with Crippen LogP contribution in [0.2, 0.25) is 0 Å². The third-order valence-electron chi connectivity index (χ3n) is 4.02. The third-order valence-corrected chi connectivity index (χ3v) is 4.02. The molecule has 1 aliphatic rings. The number of hydrogen-bond donors (Lipinski definition) is 2. The van der Waals surface area contributed by atoms with E-state index in [2.05, 4.69) is 39.4 Å². The molecule has 6 heteroatoms. The molecule has 0 unspecified atom stereocenters. The Labute approximate surface area is 142 Å². The summed E-state index contributed by atoms with van der Waals surface area (Å²) >= 11 is 0. The van der Waals surface area contributed by atoms with E-state index in [4.69, 9.17) is 4.74 Å². The van der Waals surface area contributed by atoms with Crippen LogP contribution in [0.4, 0.5) is 0 Å². The molecule has 136 valence electrons. The number of aliphatic imine (C=N–C) groups is 1. The zero-order valence-corrected chi connectivity index (χ0v) is 15.4. The summed E-state index contributed by atoms with van der Waals surface area (Å²) in [6.07, 6.45) is 3.42. The maximum Gasteiger partial charge on any atom is 0.191 e. The van der Waals surface area contributed by atoms with Crippen molar-refractivity contribution in [3.8, 4) is 0 Å². The van der Waals surface area contributed by atoms with Crippen LogP contribution in [-0.2, 0) is 4.74 Å². The number of hydrogen-bond acceptors (Lipinski definition) is 4. The molecule has 0 aromatic carbocycles. The van der Waals surface area contributed by atoms with Crippen LogP contribution >= 0.6 is 0 Å². The summed E-state index contributed by atoms with van der Waals surface area (Å²) in [6, 6.07) is 0. The van der Waals surface area contributed by atoms with E-state index in [1.54, 1.807) is 0 Å². The molecule has 1 rings (SSSR count). The minimum absolute atomic E-state index is 0.786. The molecule has 1 heterocycles. The predicted octanol–water partition coefficient (Wildman–Crippen LogP) is 0.996. The Morgan fingerprint density at radius 3 is 2.74 bits per heavy atom. The molecule has 0 spiro atoms. The van der Waals surface area contributed by atoms with E-state index in [0.717, 1.165) is 51.6 Å². The van der Waals surface area contributed by atoms with E-state index in [1.807, 2.05) is 6.92 Å². The normalized spacial score (nSPS) is 18.0. The van der Waals surface area contributed by atoms with Gasteiger partial charge in [0.1, 0.15) is 0 Å². The Morgan fingerprint density at radius 2 is 1.96 bits per heavy atom. The minimum Gasteiger partial charge on any atom is -0.382 e. The van der Waals surface area contributed by atoms with Crippen LogP contribution < -0.4 is 10.6 Å². The lowest BCUT2D eigenvalue weighted by Crippen LogP contribution is -2.39. The van der Waals surface area contributed by atoms with Crippen LogP contribution in [0, 0.1) is 0 Å². The van der Waals surface area contributed by atoms with Crippen LogP contribution in [0.5, 0.6) is 0 Å². The summed E-state index contributed by atoms with van der Waals surface area (Å²) in [5, 5.41) is 6.74. The third kappa shape index (κ3) is 10.5. The Kier molecular flexibility index (Phi) is 11.9. The van der Waals surface area contributed by atoms with Gasteiger partial charge in [-0.1, -0.05) is 0 Å². The Morgan fingerprint density at radius 1 is 1.09 bits per heavy atom. The quantitative estimate of drug-likeness (QED) is 0.356. The van der Waals surface area contributed by atoms with Crippen molar-refractivity contribution in [2.24, 2.45) is 4.99 Å². The van der Waals surface area contributed by atoms with Crippen molar-refractivity contribution in [1.82, 2.24) is 20.4 Å². The summed E-state index contributed by atoms with van der Waals surface area (Å²) in [5.74, 6) is 0.930. The molecule has 0 bridgehead atoms. The first-order chi connectivity index (χ1) is 11.3. The lowest BCUT2D eigenvalue weighted by Gasteiger charge is -2.20. The van der Waals surface area contributed by atoms with Gasteiger partial charge in [0.05, 0.1) is 0 Å². The molecule has 1 aliphatic heterocycles. The second-order valence-corrected chi connectivity index (χ2v) is 6.09. The number of nitrogens with one attached hydrogen (secondary N) is 2. The molecular weight excluding hydrogens is 290 g/mol. The standard InChI is InChI=1S/C17H37N5O/c1-4-18-17(20-10-7-16-23-5-2)19-9-6-12-22-13-8-11-21(3)14-15-22/h4-16H2,1-3H3,(H2,18,19,20). The number of nitrogens with zero attached hydrogens (tertiary/aromatic N) is 3. The first-order valence-electron chi connectivity index (χ1n) is 9.27. The van der Waals surface area contributed by atoms with Gasteiger partial charge in [0.2, 0.25) is 0 Å². The fraction of sp³-hybridized carbons (Fsp3) is 0.941. The maximum absolute atomic E-state index is 5.34. The topological polar surface area (TPSA) is 52.1 Å². The second kappa shape index (κ2) is 13.6. The van der Waals surface area contributed by atoms with Crippen molar-refractivity contribution in [2.75, 3.05) is 72.6 Å². The summed E-state index contributed by atoms with van der Waals surface area (Å²) in [6.45, 7) is 14.4. The van der Waals surface area contributed by atoms with Gasteiger partial charge in [-0.25, -0.2) is 0 Å².